The fourth-order valence-corrected chi connectivity index (χ4v) is 5.79. The summed E-state index contributed by atoms with van der Waals surface area (Å²) < 4.78 is 29.6. The maximum absolute atomic E-state index is 12.5. The fraction of sp³-hybridized carbons (Fsp3) is 0.235. The molecule has 3 aromatic rings. The third-order valence-corrected chi connectivity index (χ3v) is 7.76. The highest BCUT2D eigenvalue weighted by atomic mass is 35.5. The molecule has 0 aliphatic heterocycles. The van der Waals surface area contributed by atoms with Crippen LogP contribution in [0, 0.1) is 5.92 Å². The van der Waals surface area contributed by atoms with Crippen LogP contribution in [0.5, 0.6) is 0 Å². The standard InChI is InChI=1S/C17H17ClN2O2S3/c1-11(2)10-23-17-19-14-8-7-12(9-15(14)24-17)20-25(21,22)16-6-4-3-5-13(16)18/h3-9,11,20H,10H2,1-2H3. The molecule has 1 N–H and O–H groups in total. The van der Waals surface area contributed by atoms with Gasteiger partial charge in [-0.25, -0.2) is 13.4 Å². The Labute approximate surface area is 160 Å². The van der Waals surface area contributed by atoms with E-state index < -0.39 is 10.0 Å². The van der Waals surface area contributed by atoms with Gasteiger partial charge < -0.3 is 0 Å². The number of fused-ring (bicyclic) bond motifs is 1. The molecule has 8 heteroatoms. The normalized spacial score (nSPS) is 12.0. The molecule has 0 bridgehead atoms. The number of hydrogen-bond donors (Lipinski definition) is 1. The van der Waals surface area contributed by atoms with E-state index in [0.717, 1.165) is 20.3 Å². The maximum Gasteiger partial charge on any atom is 0.263 e. The average Bonchev–Trinajstić information content (AvgIpc) is 2.95. The zero-order valence-electron chi connectivity index (χ0n) is 13.7. The number of hydrogen-bond acceptors (Lipinski definition) is 5. The van der Waals surface area contributed by atoms with E-state index in [0.29, 0.717) is 11.6 Å². The summed E-state index contributed by atoms with van der Waals surface area (Å²) in [7, 11) is -3.73. The van der Waals surface area contributed by atoms with Crippen molar-refractivity contribution in [1.29, 1.82) is 0 Å². The van der Waals surface area contributed by atoms with E-state index in [1.807, 2.05) is 6.07 Å². The molecule has 0 fully saturated rings. The molecule has 0 aliphatic rings. The van der Waals surface area contributed by atoms with Crippen LogP contribution < -0.4 is 4.72 Å². The SMILES string of the molecule is CC(C)CSc1nc2ccc(NS(=O)(=O)c3ccccc3Cl)cc2s1. The first-order chi connectivity index (χ1) is 11.8. The van der Waals surface area contributed by atoms with E-state index in [4.69, 9.17) is 11.6 Å². The summed E-state index contributed by atoms with van der Waals surface area (Å²) in [5.41, 5.74) is 1.37. The molecule has 4 nitrogen and oxygen atoms in total. The van der Waals surface area contributed by atoms with E-state index in [9.17, 15) is 8.42 Å². The smallest absolute Gasteiger partial charge is 0.263 e. The first kappa shape index (κ1) is 18.5. The third kappa shape index (κ3) is 4.47. The Morgan fingerprint density at radius 2 is 2.00 bits per heavy atom. The number of aromatic nitrogens is 1. The number of anilines is 1. The highest BCUT2D eigenvalue weighted by Crippen LogP contribution is 2.33. The highest BCUT2D eigenvalue weighted by molar-refractivity contribution is 8.01. The molecule has 0 unspecified atom stereocenters. The Bertz CT molecular complexity index is 1000. The second kappa shape index (κ2) is 7.53. The minimum absolute atomic E-state index is 0.0641. The molecular formula is C17H17ClN2O2S3. The van der Waals surface area contributed by atoms with Gasteiger partial charge >= 0.3 is 0 Å². The topological polar surface area (TPSA) is 59.1 Å². The van der Waals surface area contributed by atoms with Gasteiger partial charge in [0.05, 0.1) is 20.9 Å². The summed E-state index contributed by atoms with van der Waals surface area (Å²) in [6.45, 7) is 4.34. The van der Waals surface area contributed by atoms with Gasteiger partial charge in [-0.05, 0) is 36.2 Å². The van der Waals surface area contributed by atoms with Gasteiger partial charge in [0.2, 0.25) is 0 Å². The van der Waals surface area contributed by atoms with Gasteiger partial charge in [0.15, 0.2) is 4.34 Å². The molecule has 0 spiro atoms. The second-order valence-corrected chi connectivity index (χ2v) is 10.3. The number of halogens is 1. The first-order valence-electron chi connectivity index (χ1n) is 7.66. The molecule has 0 aliphatic carbocycles. The lowest BCUT2D eigenvalue weighted by Gasteiger charge is -2.09. The lowest BCUT2D eigenvalue weighted by Crippen LogP contribution is -2.13. The van der Waals surface area contributed by atoms with Crippen molar-refractivity contribution in [3.05, 3.63) is 47.5 Å². The van der Waals surface area contributed by atoms with Crippen molar-refractivity contribution in [2.24, 2.45) is 5.92 Å². The van der Waals surface area contributed by atoms with Gasteiger partial charge in [0.25, 0.3) is 10.0 Å². The summed E-state index contributed by atoms with van der Waals surface area (Å²) in [6, 6.07) is 11.7. The Morgan fingerprint density at radius 1 is 1.24 bits per heavy atom. The van der Waals surface area contributed by atoms with Crippen LogP contribution in [0.1, 0.15) is 13.8 Å². The van der Waals surface area contributed by atoms with Crippen LogP contribution in [-0.2, 0) is 10.0 Å². The van der Waals surface area contributed by atoms with Crippen molar-refractivity contribution < 1.29 is 8.42 Å². The maximum atomic E-state index is 12.5. The van der Waals surface area contributed by atoms with Gasteiger partial charge in [0, 0.05) is 5.75 Å². The molecule has 132 valence electrons. The largest absolute Gasteiger partial charge is 0.280 e. The van der Waals surface area contributed by atoms with Gasteiger partial charge in [0.1, 0.15) is 4.90 Å². The lowest BCUT2D eigenvalue weighted by atomic mass is 10.3. The first-order valence-corrected chi connectivity index (χ1v) is 11.3. The van der Waals surface area contributed by atoms with Gasteiger partial charge in [-0.3, -0.25) is 4.72 Å². The van der Waals surface area contributed by atoms with E-state index in [1.165, 1.54) is 6.07 Å². The highest BCUT2D eigenvalue weighted by Gasteiger charge is 2.18. The van der Waals surface area contributed by atoms with Gasteiger partial charge in [-0.1, -0.05) is 49.3 Å². The van der Waals surface area contributed by atoms with Gasteiger partial charge in [-0.2, -0.15) is 0 Å². The summed E-state index contributed by atoms with van der Waals surface area (Å²) >= 11 is 9.30. The lowest BCUT2D eigenvalue weighted by molar-refractivity contribution is 0.601. The molecule has 1 aromatic heterocycles. The van der Waals surface area contributed by atoms with E-state index >= 15 is 0 Å². The van der Waals surface area contributed by atoms with Crippen molar-refractivity contribution in [3.63, 3.8) is 0 Å². The van der Waals surface area contributed by atoms with Crippen LogP contribution in [-0.4, -0.2) is 19.2 Å². The molecule has 0 saturated carbocycles. The Morgan fingerprint density at radius 3 is 2.72 bits per heavy atom. The summed E-state index contributed by atoms with van der Waals surface area (Å²) in [4.78, 5) is 4.64. The Hall–Kier alpha value is -1.28. The van der Waals surface area contributed by atoms with Crippen LogP contribution in [0.25, 0.3) is 10.2 Å². The van der Waals surface area contributed by atoms with E-state index in [1.54, 1.807) is 53.4 Å². The quantitative estimate of drug-likeness (QED) is 0.543. The van der Waals surface area contributed by atoms with Crippen LogP contribution in [0.4, 0.5) is 5.69 Å². The van der Waals surface area contributed by atoms with Crippen LogP contribution >= 0.6 is 34.7 Å². The molecule has 0 radical (unpaired) electrons. The van der Waals surface area contributed by atoms with Crippen molar-refractivity contribution in [3.8, 4) is 0 Å². The molecule has 1 heterocycles. The number of thiazole rings is 1. The number of sulfonamides is 1. The van der Waals surface area contributed by atoms with E-state index in [-0.39, 0.29) is 9.92 Å². The predicted octanol–water partition coefficient (Wildman–Crippen LogP) is 5.50. The number of nitrogens with zero attached hydrogens (tertiary/aromatic N) is 1. The number of benzene rings is 2. The molecule has 0 atom stereocenters. The summed E-state index contributed by atoms with van der Waals surface area (Å²) in [5.74, 6) is 1.60. The number of nitrogens with one attached hydrogen (secondary N) is 1. The minimum Gasteiger partial charge on any atom is -0.280 e. The molecule has 3 rings (SSSR count). The zero-order chi connectivity index (χ0) is 18.0. The Kier molecular flexibility index (Phi) is 5.58. The van der Waals surface area contributed by atoms with Crippen LogP contribution in [0.3, 0.4) is 0 Å². The molecule has 25 heavy (non-hydrogen) atoms. The monoisotopic (exact) mass is 412 g/mol. The molecular weight excluding hydrogens is 396 g/mol. The van der Waals surface area contributed by atoms with Crippen LogP contribution in [0.15, 0.2) is 51.7 Å². The average molecular weight is 413 g/mol. The van der Waals surface area contributed by atoms with Crippen molar-refractivity contribution >= 4 is 60.6 Å². The van der Waals surface area contributed by atoms with Crippen molar-refractivity contribution in [2.45, 2.75) is 23.1 Å². The van der Waals surface area contributed by atoms with Crippen molar-refractivity contribution in [1.82, 2.24) is 4.98 Å². The molecule has 0 saturated heterocycles. The van der Waals surface area contributed by atoms with Crippen molar-refractivity contribution in [2.75, 3.05) is 10.5 Å². The predicted molar refractivity (Wildman–Crippen MR) is 107 cm³/mol. The summed E-state index contributed by atoms with van der Waals surface area (Å²) in [6.07, 6.45) is 0. The number of rotatable bonds is 6. The molecule has 0 amide bonds. The van der Waals surface area contributed by atoms with Crippen LogP contribution in [0.2, 0.25) is 5.02 Å². The summed E-state index contributed by atoms with van der Waals surface area (Å²) in [5, 5.41) is 0.196. The fourth-order valence-electron chi connectivity index (χ4n) is 2.14. The van der Waals surface area contributed by atoms with Gasteiger partial charge in [-0.15, -0.1) is 11.3 Å². The molecule has 2 aromatic carbocycles. The second-order valence-electron chi connectivity index (χ2n) is 5.90. The number of thioether (sulfide) groups is 1. The zero-order valence-corrected chi connectivity index (χ0v) is 16.9. The minimum atomic E-state index is -3.73. The third-order valence-electron chi connectivity index (χ3n) is 3.29. The van der Waals surface area contributed by atoms with E-state index in [2.05, 4.69) is 23.6 Å². The Balaban J connectivity index is 1.85.